The first-order valence-electron chi connectivity index (χ1n) is 19.0. The maximum absolute atomic E-state index is 11.3. The standard InChI is InChI=1S/C41H61N7O3/c1-7-44(8-2)34-17-15-32(38(49)27-34)30-42-21-13-23-47-25-26-48(41(47)37-20-19-36(29-40(37)51)46(11-5)12-6)24-14-22-43-31-33-16-18-35(28-39(33)50)45(9-3)10-4/h15-20,27-31,41,49-51H,7-14,21-26H2,1-6H3. The topological polar surface area (TPSA) is 102 Å². The van der Waals surface area contributed by atoms with Crippen molar-refractivity contribution in [2.75, 3.05) is 93.2 Å². The minimum absolute atomic E-state index is 0.0444. The van der Waals surface area contributed by atoms with Crippen LogP contribution in [0.3, 0.4) is 0 Å². The third-order valence-corrected chi connectivity index (χ3v) is 10.00. The Morgan fingerprint density at radius 3 is 1.29 bits per heavy atom. The van der Waals surface area contributed by atoms with Crippen molar-refractivity contribution in [1.82, 2.24) is 9.80 Å². The van der Waals surface area contributed by atoms with Crippen LogP contribution in [0.1, 0.15) is 77.2 Å². The number of phenolic OH excluding ortho intramolecular Hbond substituents is 3. The number of rotatable bonds is 20. The lowest BCUT2D eigenvalue weighted by atomic mass is 10.1. The molecule has 10 nitrogen and oxygen atoms in total. The van der Waals surface area contributed by atoms with E-state index in [0.29, 0.717) is 18.8 Å². The second-order valence-electron chi connectivity index (χ2n) is 13.0. The predicted octanol–water partition coefficient (Wildman–Crippen LogP) is 6.98. The van der Waals surface area contributed by atoms with E-state index in [1.165, 1.54) is 0 Å². The largest absolute Gasteiger partial charge is 0.507 e. The molecule has 1 aliphatic rings. The van der Waals surface area contributed by atoms with Gasteiger partial charge in [0.15, 0.2) is 0 Å². The highest BCUT2D eigenvalue weighted by atomic mass is 16.3. The lowest BCUT2D eigenvalue weighted by Gasteiger charge is -2.32. The fraction of sp³-hybridized carbons (Fsp3) is 0.512. The van der Waals surface area contributed by atoms with Crippen LogP contribution in [-0.4, -0.2) is 116 Å². The summed E-state index contributed by atoms with van der Waals surface area (Å²) in [6.07, 6.45) is 5.22. The lowest BCUT2D eigenvalue weighted by molar-refractivity contribution is 0.133. The molecule has 0 aliphatic carbocycles. The Morgan fingerprint density at radius 2 is 0.941 bits per heavy atom. The van der Waals surface area contributed by atoms with Crippen molar-refractivity contribution in [2.24, 2.45) is 9.98 Å². The third kappa shape index (κ3) is 10.4. The van der Waals surface area contributed by atoms with Gasteiger partial charge in [0.25, 0.3) is 0 Å². The van der Waals surface area contributed by atoms with Gasteiger partial charge in [0.2, 0.25) is 0 Å². The normalized spacial score (nSPS) is 15.4. The van der Waals surface area contributed by atoms with E-state index >= 15 is 0 Å². The summed E-state index contributed by atoms with van der Waals surface area (Å²) < 4.78 is 0. The van der Waals surface area contributed by atoms with E-state index in [9.17, 15) is 15.3 Å². The maximum atomic E-state index is 11.3. The van der Waals surface area contributed by atoms with Gasteiger partial charge in [-0.1, -0.05) is 6.07 Å². The number of nitrogens with zero attached hydrogens (tertiary/aromatic N) is 7. The van der Waals surface area contributed by atoms with Gasteiger partial charge in [0.05, 0.1) is 6.17 Å². The summed E-state index contributed by atoms with van der Waals surface area (Å²) in [6.45, 7) is 22.8. The zero-order valence-electron chi connectivity index (χ0n) is 31.8. The Hall–Kier alpha value is -4.28. The number of aliphatic imine (C=N–C) groups is 2. The number of hydrogen-bond acceptors (Lipinski definition) is 10. The third-order valence-electron chi connectivity index (χ3n) is 10.00. The highest BCUT2D eigenvalue weighted by Crippen LogP contribution is 2.37. The minimum Gasteiger partial charge on any atom is -0.507 e. The molecule has 278 valence electrons. The van der Waals surface area contributed by atoms with Crippen LogP contribution >= 0.6 is 0 Å². The van der Waals surface area contributed by atoms with Gasteiger partial charge in [-0.2, -0.15) is 0 Å². The molecule has 10 heteroatoms. The highest BCUT2D eigenvalue weighted by molar-refractivity contribution is 5.85. The van der Waals surface area contributed by atoms with E-state index in [1.54, 1.807) is 12.4 Å². The van der Waals surface area contributed by atoms with Gasteiger partial charge in [0.1, 0.15) is 17.2 Å². The van der Waals surface area contributed by atoms with Gasteiger partial charge in [-0.3, -0.25) is 19.8 Å². The van der Waals surface area contributed by atoms with Crippen molar-refractivity contribution < 1.29 is 15.3 Å². The van der Waals surface area contributed by atoms with Crippen LogP contribution < -0.4 is 14.7 Å². The fourth-order valence-electron chi connectivity index (χ4n) is 7.04. The van der Waals surface area contributed by atoms with E-state index in [1.807, 2.05) is 42.5 Å². The molecule has 0 atom stereocenters. The molecule has 0 amide bonds. The van der Waals surface area contributed by atoms with Crippen LogP contribution in [0.25, 0.3) is 0 Å². The van der Waals surface area contributed by atoms with Crippen LogP contribution in [0.2, 0.25) is 0 Å². The molecule has 3 N–H and O–H groups in total. The molecule has 0 spiro atoms. The van der Waals surface area contributed by atoms with Crippen molar-refractivity contribution in [1.29, 1.82) is 0 Å². The van der Waals surface area contributed by atoms with Gasteiger partial charge < -0.3 is 30.0 Å². The second kappa shape index (κ2) is 19.9. The fourth-order valence-corrected chi connectivity index (χ4v) is 7.04. The predicted molar refractivity (Wildman–Crippen MR) is 215 cm³/mol. The van der Waals surface area contributed by atoms with E-state index in [-0.39, 0.29) is 17.7 Å². The van der Waals surface area contributed by atoms with Crippen LogP contribution in [0.4, 0.5) is 17.1 Å². The average molecular weight is 700 g/mol. The number of hydrogen-bond donors (Lipinski definition) is 3. The molecule has 1 fully saturated rings. The monoisotopic (exact) mass is 699 g/mol. The maximum Gasteiger partial charge on any atom is 0.126 e. The number of aromatic hydroxyl groups is 3. The van der Waals surface area contributed by atoms with E-state index in [4.69, 9.17) is 0 Å². The summed E-state index contributed by atoms with van der Waals surface area (Å²) in [7, 11) is 0. The lowest BCUT2D eigenvalue weighted by Crippen LogP contribution is -2.33. The first-order valence-corrected chi connectivity index (χ1v) is 19.0. The summed E-state index contributed by atoms with van der Waals surface area (Å²) in [5.74, 6) is 0.817. The van der Waals surface area contributed by atoms with Gasteiger partial charge in [-0.15, -0.1) is 0 Å². The molecule has 1 saturated heterocycles. The van der Waals surface area contributed by atoms with Gasteiger partial charge in [0, 0.05) is 143 Å². The van der Waals surface area contributed by atoms with Gasteiger partial charge in [-0.25, -0.2) is 0 Å². The van der Waals surface area contributed by atoms with Crippen LogP contribution in [0.15, 0.2) is 64.6 Å². The van der Waals surface area contributed by atoms with Gasteiger partial charge >= 0.3 is 0 Å². The molecular weight excluding hydrogens is 638 g/mol. The van der Waals surface area contributed by atoms with Crippen molar-refractivity contribution in [3.63, 3.8) is 0 Å². The smallest absolute Gasteiger partial charge is 0.126 e. The Balaban J connectivity index is 1.40. The summed E-state index contributed by atoms with van der Waals surface area (Å²) >= 11 is 0. The van der Waals surface area contributed by atoms with E-state index < -0.39 is 0 Å². The summed E-state index contributed by atoms with van der Waals surface area (Å²) in [4.78, 5) is 20.8. The van der Waals surface area contributed by atoms with E-state index in [2.05, 4.69) is 88.2 Å². The Morgan fingerprint density at radius 1 is 0.569 bits per heavy atom. The minimum atomic E-state index is -0.0444. The molecule has 1 aliphatic heterocycles. The molecule has 0 unspecified atom stereocenters. The molecule has 0 radical (unpaired) electrons. The van der Waals surface area contributed by atoms with E-state index in [0.717, 1.165) is 112 Å². The zero-order valence-corrected chi connectivity index (χ0v) is 31.8. The number of anilines is 3. The highest BCUT2D eigenvalue weighted by Gasteiger charge is 2.34. The zero-order chi connectivity index (χ0) is 36.8. The SMILES string of the molecule is CCN(CC)c1ccc(C=NCCCN2CCN(CCCN=Cc3ccc(N(CC)CC)cc3O)C2c2ccc(N(CC)CC)cc2O)c(O)c1. The molecule has 3 aromatic rings. The van der Waals surface area contributed by atoms with Crippen LogP contribution in [0.5, 0.6) is 17.2 Å². The number of benzene rings is 3. The molecule has 0 saturated carbocycles. The molecular formula is C41H61N7O3. The van der Waals surface area contributed by atoms with Crippen molar-refractivity contribution in [2.45, 2.75) is 60.5 Å². The molecule has 4 rings (SSSR count). The van der Waals surface area contributed by atoms with Crippen molar-refractivity contribution in [3.8, 4) is 17.2 Å². The Bertz CT molecular complexity index is 1480. The Kier molecular flexibility index (Phi) is 15.4. The second-order valence-corrected chi connectivity index (χ2v) is 13.0. The molecule has 0 aromatic heterocycles. The quantitative estimate of drug-likeness (QED) is 0.0859. The summed E-state index contributed by atoms with van der Waals surface area (Å²) in [6, 6.07) is 17.7. The summed E-state index contributed by atoms with van der Waals surface area (Å²) in [5.41, 5.74) is 5.43. The first kappa shape index (κ1) is 39.5. The molecule has 0 bridgehead atoms. The van der Waals surface area contributed by atoms with Crippen LogP contribution in [0, 0.1) is 0 Å². The summed E-state index contributed by atoms with van der Waals surface area (Å²) in [5, 5.41) is 32.5. The van der Waals surface area contributed by atoms with Gasteiger partial charge in [-0.05, 0) is 84.7 Å². The number of phenols is 3. The first-order chi connectivity index (χ1) is 24.8. The van der Waals surface area contributed by atoms with Crippen LogP contribution in [-0.2, 0) is 0 Å². The average Bonchev–Trinajstić information content (AvgIpc) is 3.53. The van der Waals surface area contributed by atoms with Crippen molar-refractivity contribution >= 4 is 29.5 Å². The molecule has 51 heavy (non-hydrogen) atoms. The van der Waals surface area contributed by atoms with Crippen molar-refractivity contribution in [3.05, 3.63) is 71.3 Å². The molecule has 1 heterocycles. The Labute approximate surface area is 306 Å². The molecule has 3 aromatic carbocycles.